The molecule has 0 aliphatic rings. The molecular formula is C24H21O2S+. The molecule has 27 heavy (non-hydrogen) atoms. The number of phenolic OH excluding ortho intramolecular Hbond substituents is 1. The van der Waals surface area contributed by atoms with Crippen molar-refractivity contribution in [1.82, 2.24) is 0 Å². The van der Waals surface area contributed by atoms with Crippen molar-refractivity contribution in [2.75, 3.05) is 7.11 Å². The third-order valence-corrected chi connectivity index (χ3v) is 6.80. The minimum absolute atomic E-state index is 0.237. The highest BCUT2D eigenvalue weighted by Gasteiger charge is 2.28. The van der Waals surface area contributed by atoms with Crippen LogP contribution >= 0.6 is 0 Å². The smallest absolute Gasteiger partial charge is 0.167 e. The van der Waals surface area contributed by atoms with E-state index in [0.717, 1.165) is 11.1 Å². The van der Waals surface area contributed by atoms with E-state index in [-0.39, 0.29) is 16.6 Å². The summed E-state index contributed by atoms with van der Waals surface area (Å²) >= 11 is 0. The van der Waals surface area contributed by atoms with Crippen molar-refractivity contribution in [1.29, 1.82) is 0 Å². The Morgan fingerprint density at radius 2 is 1.22 bits per heavy atom. The Morgan fingerprint density at radius 1 is 0.667 bits per heavy atom. The van der Waals surface area contributed by atoms with E-state index in [1.54, 1.807) is 19.2 Å². The van der Waals surface area contributed by atoms with E-state index in [1.807, 2.05) is 18.2 Å². The fraction of sp³-hybridized carbons (Fsp3) is 0.0833. The van der Waals surface area contributed by atoms with E-state index in [0.29, 0.717) is 0 Å². The maximum atomic E-state index is 9.70. The number of ether oxygens (including phenoxy) is 1. The van der Waals surface area contributed by atoms with Crippen LogP contribution in [-0.4, -0.2) is 12.2 Å². The van der Waals surface area contributed by atoms with E-state index in [9.17, 15) is 5.11 Å². The average Bonchev–Trinajstić information content (AvgIpc) is 2.70. The molecule has 0 aromatic heterocycles. The summed E-state index contributed by atoms with van der Waals surface area (Å²) in [7, 11) is 1.45. The fourth-order valence-electron chi connectivity index (χ4n) is 3.12. The van der Waals surface area contributed by atoms with Crippen LogP contribution in [0.15, 0.2) is 99.6 Å². The van der Waals surface area contributed by atoms with Gasteiger partial charge in [0.2, 0.25) is 0 Å². The first-order valence-electron chi connectivity index (χ1n) is 8.82. The molecule has 2 nitrogen and oxygen atoms in total. The summed E-state index contributed by atoms with van der Waals surface area (Å²) in [4.78, 5) is 3.70. The van der Waals surface area contributed by atoms with E-state index in [4.69, 9.17) is 4.74 Å². The monoisotopic (exact) mass is 373 g/mol. The number of rotatable bonds is 4. The second-order valence-corrected chi connectivity index (χ2v) is 8.51. The lowest BCUT2D eigenvalue weighted by Gasteiger charge is -2.10. The lowest BCUT2D eigenvalue weighted by molar-refractivity contribution is 0.415. The molecule has 4 aromatic rings. The first kappa shape index (κ1) is 17.5. The van der Waals surface area contributed by atoms with Gasteiger partial charge in [0.05, 0.1) is 18.0 Å². The lowest BCUT2D eigenvalue weighted by Crippen LogP contribution is -2.04. The highest BCUT2D eigenvalue weighted by atomic mass is 32.2. The standard InChI is InChI=1S/C24H20O2S/c1-17-3-10-22(11-4-17)27(23-13-7-20(25)8-14-23)24-12-6-18-15-21(26-2)9-5-19(18)16-24/h3-16H,1-2H3/p+1. The number of methoxy groups -OCH3 is 1. The van der Waals surface area contributed by atoms with E-state index in [2.05, 4.69) is 61.5 Å². The lowest BCUT2D eigenvalue weighted by atomic mass is 10.1. The molecule has 3 heteroatoms. The van der Waals surface area contributed by atoms with Gasteiger partial charge >= 0.3 is 0 Å². The number of aromatic hydroxyl groups is 1. The zero-order valence-corrected chi connectivity index (χ0v) is 16.2. The van der Waals surface area contributed by atoms with Gasteiger partial charge in [-0.3, -0.25) is 0 Å². The minimum atomic E-state index is -0.237. The van der Waals surface area contributed by atoms with Crippen molar-refractivity contribution in [3.63, 3.8) is 0 Å². The molecule has 0 saturated carbocycles. The molecule has 0 bridgehead atoms. The number of hydrogen-bond acceptors (Lipinski definition) is 2. The van der Waals surface area contributed by atoms with Crippen molar-refractivity contribution in [3.05, 3.63) is 90.5 Å². The molecule has 4 rings (SSSR count). The van der Waals surface area contributed by atoms with Crippen LogP contribution in [0.3, 0.4) is 0 Å². The van der Waals surface area contributed by atoms with E-state index >= 15 is 0 Å². The first-order valence-corrected chi connectivity index (χ1v) is 10.0. The van der Waals surface area contributed by atoms with E-state index in [1.165, 1.54) is 25.6 Å². The second-order valence-electron chi connectivity index (χ2n) is 6.49. The molecule has 0 radical (unpaired) electrons. The number of fused-ring (bicyclic) bond motifs is 1. The van der Waals surface area contributed by atoms with Gasteiger partial charge in [-0.1, -0.05) is 23.8 Å². The van der Waals surface area contributed by atoms with Gasteiger partial charge < -0.3 is 9.84 Å². The molecule has 0 heterocycles. The molecule has 0 fully saturated rings. The highest BCUT2D eigenvalue weighted by Crippen LogP contribution is 2.34. The van der Waals surface area contributed by atoms with Gasteiger partial charge in [-0.15, -0.1) is 0 Å². The van der Waals surface area contributed by atoms with Crippen LogP contribution in [0.25, 0.3) is 10.8 Å². The van der Waals surface area contributed by atoms with Crippen LogP contribution in [-0.2, 0) is 10.9 Å². The van der Waals surface area contributed by atoms with Crippen LogP contribution in [0.2, 0.25) is 0 Å². The Labute approximate surface area is 162 Å². The number of phenols is 1. The molecular weight excluding hydrogens is 352 g/mol. The molecule has 0 aliphatic heterocycles. The van der Waals surface area contributed by atoms with Gasteiger partial charge in [-0.25, -0.2) is 0 Å². The van der Waals surface area contributed by atoms with E-state index < -0.39 is 0 Å². The molecule has 4 aromatic carbocycles. The van der Waals surface area contributed by atoms with Gasteiger partial charge in [-0.05, 0) is 78.4 Å². The topological polar surface area (TPSA) is 29.5 Å². The summed E-state index contributed by atoms with van der Waals surface area (Å²) in [5.41, 5.74) is 1.25. The van der Waals surface area contributed by atoms with Crippen molar-refractivity contribution < 1.29 is 9.84 Å². The minimum Gasteiger partial charge on any atom is -0.508 e. The van der Waals surface area contributed by atoms with Crippen LogP contribution in [0.5, 0.6) is 11.5 Å². The number of aryl methyl sites for hydroxylation is 1. The Kier molecular flexibility index (Phi) is 4.78. The maximum absolute atomic E-state index is 9.70. The molecule has 1 N–H and O–H groups in total. The molecule has 134 valence electrons. The highest BCUT2D eigenvalue weighted by molar-refractivity contribution is 7.97. The summed E-state index contributed by atoms with van der Waals surface area (Å²) in [6.07, 6.45) is 0. The van der Waals surface area contributed by atoms with Gasteiger partial charge in [0.25, 0.3) is 0 Å². The molecule has 0 aliphatic carbocycles. The fourth-order valence-corrected chi connectivity index (χ4v) is 5.20. The van der Waals surface area contributed by atoms with Crippen molar-refractivity contribution in [3.8, 4) is 11.5 Å². The number of benzene rings is 4. The summed E-state index contributed by atoms with van der Waals surface area (Å²) in [5.74, 6) is 1.16. The van der Waals surface area contributed by atoms with Crippen molar-refractivity contribution in [2.24, 2.45) is 0 Å². The van der Waals surface area contributed by atoms with Crippen LogP contribution < -0.4 is 4.74 Å². The zero-order valence-electron chi connectivity index (χ0n) is 15.3. The van der Waals surface area contributed by atoms with Crippen LogP contribution in [0, 0.1) is 6.92 Å². The predicted octanol–water partition coefficient (Wildman–Crippen LogP) is 5.96. The average molecular weight is 373 g/mol. The van der Waals surface area contributed by atoms with Crippen molar-refractivity contribution >= 4 is 21.7 Å². The van der Waals surface area contributed by atoms with Crippen molar-refractivity contribution in [2.45, 2.75) is 21.6 Å². The SMILES string of the molecule is COc1ccc2cc([S+](c3ccc(C)cc3)c3ccc(O)cc3)ccc2c1. The summed E-state index contributed by atoms with van der Waals surface area (Å²) in [6.45, 7) is 2.10. The third-order valence-electron chi connectivity index (χ3n) is 4.58. The Hall–Kier alpha value is -2.91. The largest absolute Gasteiger partial charge is 0.508 e. The normalized spacial score (nSPS) is 12.1. The quantitative estimate of drug-likeness (QED) is 0.447. The van der Waals surface area contributed by atoms with Gasteiger partial charge in [0.15, 0.2) is 14.7 Å². The summed E-state index contributed by atoms with van der Waals surface area (Å²) in [6, 6.07) is 29.0. The second kappa shape index (κ2) is 7.37. The number of hydrogen-bond donors (Lipinski definition) is 1. The molecule has 0 saturated heterocycles. The molecule has 1 atom stereocenters. The predicted molar refractivity (Wildman–Crippen MR) is 112 cm³/mol. The Morgan fingerprint density at radius 3 is 1.89 bits per heavy atom. The molecule has 0 amide bonds. The molecule has 1 unspecified atom stereocenters. The maximum Gasteiger partial charge on any atom is 0.167 e. The summed E-state index contributed by atoms with van der Waals surface area (Å²) < 4.78 is 5.34. The van der Waals surface area contributed by atoms with Crippen LogP contribution in [0.1, 0.15) is 5.56 Å². The zero-order chi connectivity index (χ0) is 18.8. The third kappa shape index (κ3) is 3.64. The first-order chi connectivity index (χ1) is 13.1. The summed E-state index contributed by atoms with van der Waals surface area (Å²) in [5, 5.41) is 12.1. The van der Waals surface area contributed by atoms with Gasteiger partial charge in [-0.2, -0.15) is 0 Å². The Bertz CT molecular complexity index is 1020. The van der Waals surface area contributed by atoms with Gasteiger partial charge in [0, 0.05) is 6.07 Å². The van der Waals surface area contributed by atoms with Gasteiger partial charge in [0.1, 0.15) is 11.5 Å². The molecule has 0 spiro atoms. The van der Waals surface area contributed by atoms with Crippen LogP contribution in [0.4, 0.5) is 0 Å². The Balaban J connectivity index is 1.85.